The van der Waals surface area contributed by atoms with Gasteiger partial charge in [-0.15, -0.1) is 0 Å². The van der Waals surface area contributed by atoms with E-state index in [1.165, 1.54) is 18.4 Å². The molecule has 0 aromatic heterocycles. The summed E-state index contributed by atoms with van der Waals surface area (Å²) in [6.45, 7) is 5.77. The van der Waals surface area contributed by atoms with Gasteiger partial charge >= 0.3 is 0 Å². The first-order chi connectivity index (χ1) is 7.26. The van der Waals surface area contributed by atoms with Crippen LogP contribution in [0.5, 0.6) is 0 Å². The van der Waals surface area contributed by atoms with Gasteiger partial charge in [0, 0.05) is 10.6 Å². The molecule has 0 atom stereocenters. The van der Waals surface area contributed by atoms with Gasteiger partial charge in [0.05, 0.1) is 0 Å². The van der Waals surface area contributed by atoms with Crippen molar-refractivity contribution in [3.05, 3.63) is 47.5 Å². The van der Waals surface area contributed by atoms with Gasteiger partial charge in [-0.2, -0.15) is 0 Å². The fourth-order valence-electron chi connectivity index (χ4n) is 1.78. The van der Waals surface area contributed by atoms with Gasteiger partial charge in [-0.25, -0.2) is 0 Å². The molecule has 0 heterocycles. The SMILES string of the molecule is C=Cc1ccc(C2CC2)cc1/C(Cl)=C\C. The number of benzene rings is 1. The summed E-state index contributed by atoms with van der Waals surface area (Å²) in [6, 6.07) is 6.51. The lowest BCUT2D eigenvalue weighted by molar-refractivity contribution is 1.13. The predicted molar refractivity (Wildman–Crippen MR) is 68.0 cm³/mol. The standard InChI is InChI=1S/C14H15Cl/c1-3-10-5-8-12(11-6-7-11)9-13(10)14(15)4-2/h3-5,8-9,11H,1,6-7H2,2H3/b14-4+. The molecule has 78 valence electrons. The highest BCUT2D eigenvalue weighted by atomic mass is 35.5. The van der Waals surface area contributed by atoms with Crippen LogP contribution in [0, 0.1) is 0 Å². The van der Waals surface area contributed by atoms with Crippen molar-refractivity contribution in [3.63, 3.8) is 0 Å². The van der Waals surface area contributed by atoms with E-state index in [9.17, 15) is 0 Å². The summed E-state index contributed by atoms with van der Waals surface area (Å²) in [7, 11) is 0. The summed E-state index contributed by atoms with van der Waals surface area (Å²) >= 11 is 6.18. The largest absolute Gasteiger partial charge is 0.0984 e. The van der Waals surface area contributed by atoms with Gasteiger partial charge in [0.2, 0.25) is 0 Å². The Hall–Kier alpha value is -1.01. The van der Waals surface area contributed by atoms with Crippen molar-refractivity contribution in [1.82, 2.24) is 0 Å². The molecule has 2 rings (SSSR count). The van der Waals surface area contributed by atoms with Crippen LogP contribution in [0.2, 0.25) is 0 Å². The highest BCUT2D eigenvalue weighted by molar-refractivity contribution is 6.49. The molecule has 0 bridgehead atoms. The van der Waals surface area contributed by atoms with Crippen LogP contribution in [0.3, 0.4) is 0 Å². The molecule has 1 saturated carbocycles. The Morgan fingerprint density at radius 2 is 2.20 bits per heavy atom. The van der Waals surface area contributed by atoms with Gasteiger partial charge in [-0.05, 0) is 42.9 Å². The van der Waals surface area contributed by atoms with Crippen LogP contribution in [0.4, 0.5) is 0 Å². The van der Waals surface area contributed by atoms with E-state index in [-0.39, 0.29) is 0 Å². The van der Waals surface area contributed by atoms with Crippen molar-refractivity contribution >= 4 is 22.7 Å². The minimum Gasteiger partial charge on any atom is -0.0984 e. The van der Waals surface area contributed by atoms with Gasteiger partial charge in [0.1, 0.15) is 0 Å². The van der Waals surface area contributed by atoms with Crippen LogP contribution in [-0.2, 0) is 0 Å². The lowest BCUT2D eigenvalue weighted by Crippen LogP contribution is -1.88. The number of hydrogen-bond acceptors (Lipinski definition) is 0. The van der Waals surface area contributed by atoms with Gasteiger partial charge in [0.25, 0.3) is 0 Å². The van der Waals surface area contributed by atoms with E-state index < -0.39 is 0 Å². The Labute approximate surface area is 96.3 Å². The van der Waals surface area contributed by atoms with Gasteiger partial charge < -0.3 is 0 Å². The van der Waals surface area contributed by atoms with Crippen molar-refractivity contribution < 1.29 is 0 Å². The maximum atomic E-state index is 6.18. The fourth-order valence-corrected chi connectivity index (χ4v) is 1.95. The summed E-state index contributed by atoms with van der Waals surface area (Å²) in [4.78, 5) is 0. The average Bonchev–Trinajstić information content (AvgIpc) is 3.11. The van der Waals surface area contributed by atoms with Gasteiger partial charge in [-0.3, -0.25) is 0 Å². The third-order valence-corrected chi connectivity index (χ3v) is 3.28. The van der Waals surface area contributed by atoms with Crippen molar-refractivity contribution in [1.29, 1.82) is 0 Å². The molecule has 0 saturated heterocycles. The fraction of sp³-hybridized carbons (Fsp3) is 0.286. The zero-order valence-corrected chi connectivity index (χ0v) is 9.72. The topological polar surface area (TPSA) is 0 Å². The third kappa shape index (κ3) is 2.15. The van der Waals surface area contributed by atoms with Crippen LogP contribution in [-0.4, -0.2) is 0 Å². The van der Waals surface area contributed by atoms with Crippen molar-refractivity contribution in [2.75, 3.05) is 0 Å². The molecule has 15 heavy (non-hydrogen) atoms. The Morgan fingerprint density at radius 1 is 1.47 bits per heavy atom. The summed E-state index contributed by atoms with van der Waals surface area (Å²) in [5.41, 5.74) is 3.64. The highest BCUT2D eigenvalue weighted by Gasteiger charge is 2.24. The first-order valence-corrected chi connectivity index (χ1v) is 5.72. The zero-order valence-electron chi connectivity index (χ0n) is 8.96. The maximum Gasteiger partial charge on any atom is 0.0441 e. The number of rotatable bonds is 3. The number of halogens is 1. The van der Waals surface area contributed by atoms with E-state index >= 15 is 0 Å². The van der Waals surface area contributed by atoms with Crippen molar-refractivity contribution in [2.24, 2.45) is 0 Å². The average molecular weight is 219 g/mol. The van der Waals surface area contributed by atoms with Gasteiger partial charge in [-0.1, -0.05) is 42.5 Å². The second-order valence-electron chi connectivity index (χ2n) is 3.96. The van der Waals surface area contributed by atoms with Crippen molar-refractivity contribution in [3.8, 4) is 0 Å². The molecule has 1 aliphatic carbocycles. The molecular formula is C14H15Cl. The number of allylic oxidation sites excluding steroid dienone is 1. The second kappa shape index (κ2) is 4.24. The van der Waals surface area contributed by atoms with Crippen LogP contribution in [0.1, 0.15) is 42.4 Å². The smallest absolute Gasteiger partial charge is 0.0441 e. The molecule has 0 unspecified atom stereocenters. The van der Waals surface area contributed by atoms with Crippen LogP contribution in [0.25, 0.3) is 11.1 Å². The first kappa shape index (κ1) is 10.5. The molecule has 0 nitrogen and oxygen atoms in total. The Kier molecular flexibility index (Phi) is 2.97. The van der Waals surface area contributed by atoms with E-state index in [1.807, 2.05) is 19.1 Å². The molecule has 0 spiro atoms. The van der Waals surface area contributed by atoms with E-state index in [0.717, 1.165) is 22.1 Å². The Bertz CT molecular complexity index is 411. The maximum absolute atomic E-state index is 6.18. The predicted octanol–water partition coefficient (Wildman–Crippen LogP) is 4.81. The summed E-state index contributed by atoms with van der Waals surface area (Å²) < 4.78 is 0. The molecule has 0 amide bonds. The molecule has 1 aliphatic rings. The molecule has 0 N–H and O–H groups in total. The summed E-state index contributed by atoms with van der Waals surface area (Å²) in [5, 5.41) is 0.812. The molecule has 1 aromatic carbocycles. The third-order valence-electron chi connectivity index (χ3n) is 2.86. The summed E-state index contributed by atoms with van der Waals surface area (Å²) in [5.74, 6) is 0.768. The van der Waals surface area contributed by atoms with Crippen LogP contribution >= 0.6 is 11.6 Å². The highest BCUT2D eigenvalue weighted by Crippen LogP contribution is 2.41. The lowest BCUT2D eigenvalue weighted by atomic mass is 10.0. The quantitative estimate of drug-likeness (QED) is 0.683. The zero-order chi connectivity index (χ0) is 10.8. The number of hydrogen-bond donors (Lipinski definition) is 0. The minimum absolute atomic E-state index is 0.768. The lowest BCUT2D eigenvalue weighted by Gasteiger charge is -2.07. The normalized spacial score (nSPS) is 16.5. The summed E-state index contributed by atoms with van der Waals surface area (Å²) in [6.07, 6.45) is 6.43. The Morgan fingerprint density at radius 3 is 2.73 bits per heavy atom. The van der Waals surface area contributed by atoms with Crippen LogP contribution < -0.4 is 0 Å². The van der Waals surface area contributed by atoms with Crippen molar-refractivity contribution in [2.45, 2.75) is 25.7 Å². The van der Waals surface area contributed by atoms with E-state index in [2.05, 4.69) is 24.8 Å². The molecule has 1 heteroatoms. The van der Waals surface area contributed by atoms with Crippen LogP contribution in [0.15, 0.2) is 30.9 Å². The van der Waals surface area contributed by atoms with E-state index in [1.54, 1.807) is 0 Å². The Balaban J connectivity index is 2.46. The molecule has 0 radical (unpaired) electrons. The minimum atomic E-state index is 0.768. The van der Waals surface area contributed by atoms with Gasteiger partial charge in [0.15, 0.2) is 0 Å². The first-order valence-electron chi connectivity index (χ1n) is 5.35. The van der Waals surface area contributed by atoms with E-state index in [4.69, 9.17) is 11.6 Å². The molecule has 1 aromatic rings. The monoisotopic (exact) mass is 218 g/mol. The molecule has 0 aliphatic heterocycles. The molecular weight excluding hydrogens is 204 g/mol. The molecule has 1 fully saturated rings. The van der Waals surface area contributed by atoms with E-state index in [0.29, 0.717) is 0 Å². The second-order valence-corrected chi connectivity index (χ2v) is 4.37.